The molecule has 0 aliphatic heterocycles. The predicted molar refractivity (Wildman–Crippen MR) is 66.0 cm³/mol. The molecule has 6 heteroatoms. The molecule has 18 heavy (non-hydrogen) atoms. The molecule has 2 rings (SSSR count). The molecule has 0 aromatic carbocycles. The number of aromatic nitrogens is 3. The van der Waals surface area contributed by atoms with Gasteiger partial charge in [0.05, 0.1) is 12.1 Å². The molecule has 0 saturated carbocycles. The van der Waals surface area contributed by atoms with E-state index < -0.39 is 5.97 Å². The molecule has 2 N–H and O–H groups in total. The van der Waals surface area contributed by atoms with Gasteiger partial charge in [0.25, 0.3) is 0 Å². The van der Waals surface area contributed by atoms with Crippen molar-refractivity contribution < 1.29 is 9.90 Å². The second-order valence-corrected chi connectivity index (χ2v) is 3.58. The maximum absolute atomic E-state index is 10.4. The summed E-state index contributed by atoms with van der Waals surface area (Å²) in [6.07, 6.45) is 5.05. The molecular formula is C12H12N4O2. The monoisotopic (exact) mass is 244 g/mol. The number of hydrogen-bond donors (Lipinski definition) is 2. The van der Waals surface area contributed by atoms with E-state index in [0.717, 1.165) is 11.3 Å². The number of nitrogens with zero attached hydrogens (tertiary/aromatic N) is 3. The van der Waals surface area contributed by atoms with Gasteiger partial charge in [0.1, 0.15) is 0 Å². The highest BCUT2D eigenvalue weighted by molar-refractivity contribution is 5.67. The molecule has 0 saturated heterocycles. The third-order valence-corrected chi connectivity index (χ3v) is 2.23. The molecule has 0 aliphatic carbocycles. The van der Waals surface area contributed by atoms with Crippen LogP contribution in [0.3, 0.4) is 0 Å². The van der Waals surface area contributed by atoms with Crippen molar-refractivity contribution >= 4 is 11.9 Å². The van der Waals surface area contributed by atoms with Crippen LogP contribution in [0.25, 0.3) is 11.3 Å². The van der Waals surface area contributed by atoms with Crippen LogP contribution < -0.4 is 5.32 Å². The van der Waals surface area contributed by atoms with Crippen molar-refractivity contribution in [1.82, 2.24) is 15.0 Å². The summed E-state index contributed by atoms with van der Waals surface area (Å²) in [4.78, 5) is 22.7. The minimum atomic E-state index is -0.856. The molecular weight excluding hydrogens is 232 g/mol. The topological polar surface area (TPSA) is 88.0 Å². The van der Waals surface area contributed by atoms with Crippen LogP contribution in [-0.2, 0) is 4.79 Å². The Balaban J connectivity index is 2.08. The van der Waals surface area contributed by atoms with Crippen LogP contribution in [-0.4, -0.2) is 32.6 Å². The summed E-state index contributed by atoms with van der Waals surface area (Å²) in [6.45, 7) is 0.297. The zero-order valence-electron chi connectivity index (χ0n) is 9.58. The van der Waals surface area contributed by atoms with Gasteiger partial charge in [0, 0.05) is 30.7 Å². The Morgan fingerprint density at radius 2 is 2.22 bits per heavy atom. The van der Waals surface area contributed by atoms with Gasteiger partial charge in [-0.15, -0.1) is 0 Å². The predicted octanol–water partition coefficient (Wildman–Crippen LogP) is 1.43. The number of carboxylic acids is 1. The summed E-state index contributed by atoms with van der Waals surface area (Å²) >= 11 is 0. The molecule has 0 spiro atoms. The van der Waals surface area contributed by atoms with Gasteiger partial charge in [-0.3, -0.25) is 9.78 Å². The van der Waals surface area contributed by atoms with Crippen LogP contribution in [0, 0.1) is 0 Å². The van der Waals surface area contributed by atoms with Crippen LogP contribution >= 0.6 is 0 Å². The van der Waals surface area contributed by atoms with Crippen LogP contribution in [0.15, 0.2) is 36.8 Å². The summed E-state index contributed by atoms with van der Waals surface area (Å²) in [5.74, 6) is -0.441. The van der Waals surface area contributed by atoms with Gasteiger partial charge < -0.3 is 10.4 Å². The SMILES string of the molecule is O=C(O)CCNc1nccc(-c2cccnc2)n1. The minimum absolute atomic E-state index is 0.0283. The third kappa shape index (κ3) is 3.24. The van der Waals surface area contributed by atoms with E-state index in [-0.39, 0.29) is 6.42 Å². The molecule has 0 bridgehead atoms. The van der Waals surface area contributed by atoms with Crippen molar-refractivity contribution in [2.24, 2.45) is 0 Å². The van der Waals surface area contributed by atoms with Gasteiger partial charge in [0.15, 0.2) is 0 Å². The first-order chi connectivity index (χ1) is 8.75. The second kappa shape index (κ2) is 5.72. The zero-order chi connectivity index (χ0) is 12.8. The summed E-state index contributed by atoms with van der Waals surface area (Å²) < 4.78 is 0. The number of aliphatic carboxylic acids is 1. The van der Waals surface area contributed by atoms with E-state index in [2.05, 4.69) is 20.3 Å². The van der Waals surface area contributed by atoms with Gasteiger partial charge in [-0.25, -0.2) is 9.97 Å². The standard InChI is InChI=1S/C12H12N4O2/c17-11(18)4-7-15-12-14-6-3-10(16-12)9-2-1-5-13-8-9/h1-3,5-6,8H,4,7H2,(H,17,18)(H,14,15,16). The van der Waals surface area contributed by atoms with Crippen molar-refractivity contribution in [1.29, 1.82) is 0 Å². The van der Waals surface area contributed by atoms with E-state index in [1.807, 2.05) is 12.1 Å². The fourth-order valence-electron chi connectivity index (χ4n) is 1.40. The van der Waals surface area contributed by atoms with E-state index in [1.165, 1.54) is 0 Å². The molecule has 92 valence electrons. The first-order valence-corrected chi connectivity index (χ1v) is 5.45. The average Bonchev–Trinajstić information content (AvgIpc) is 2.40. The highest BCUT2D eigenvalue weighted by Crippen LogP contribution is 2.15. The van der Waals surface area contributed by atoms with Crippen molar-refractivity contribution in [2.75, 3.05) is 11.9 Å². The molecule has 0 atom stereocenters. The Bertz CT molecular complexity index is 531. The van der Waals surface area contributed by atoms with E-state index in [4.69, 9.17) is 5.11 Å². The molecule has 0 unspecified atom stereocenters. The highest BCUT2D eigenvalue weighted by Gasteiger charge is 2.02. The Kier molecular flexibility index (Phi) is 3.80. The molecule has 0 amide bonds. The number of carboxylic acid groups (broad SMARTS) is 1. The smallest absolute Gasteiger partial charge is 0.305 e. The largest absolute Gasteiger partial charge is 0.481 e. The van der Waals surface area contributed by atoms with Gasteiger partial charge in [0.2, 0.25) is 5.95 Å². The summed E-state index contributed by atoms with van der Waals surface area (Å²) in [5.41, 5.74) is 1.64. The Morgan fingerprint density at radius 3 is 2.94 bits per heavy atom. The zero-order valence-corrected chi connectivity index (χ0v) is 9.58. The van der Waals surface area contributed by atoms with Crippen molar-refractivity contribution in [3.63, 3.8) is 0 Å². The van der Waals surface area contributed by atoms with Gasteiger partial charge >= 0.3 is 5.97 Å². The lowest BCUT2D eigenvalue weighted by molar-refractivity contribution is -0.136. The quantitative estimate of drug-likeness (QED) is 0.827. The number of nitrogens with one attached hydrogen (secondary N) is 1. The summed E-state index contributed by atoms with van der Waals surface area (Å²) in [5, 5.41) is 11.4. The van der Waals surface area contributed by atoms with Crippen molar-refractivity contribution in [2.45, 2.75) is 6.42 Å². The molecule has 2 heterocycles. The maximum atomic E-state index is 10.4. The molecule has 0 aliphatic rings. The Hall–Kier alpha value is -2.50. The van der Waals surface area contributed by atoms with Gasteiger partial charge in [-0.05, 0) is 18.2 Å². The average molecular weight is 244 g/mol. The Labute approximate surface area is 104 Å². The second-order valence-electron chi connectivity index (χ2n) is 3.58. The van der Waals surface area contributed by atoms with E-state index in [1.54, 1.807) is 24.7 Å². The summed E-state index contributed by atoms with van der Waals surface area (Å²) in [6, 6.07) is 5.50. The Morgan fingerprint density at radius 1 is 1.33 bits per heavy atom. The molecule has 0 fully saturated rings. The van der Waals surface area contributed by atoms with Crippen LogP contribution in [0.2, 0.25) is 0 Å². The number of carbonyl (C=O) groups is 1. The number of rotatable bonds is 5. The minimum Gasteiger partial charge on any atom is -0.481 e. The van der Waals surface area contributed by atoms with Crippen molar-refractivity contribution in [3.8, 4) is 11.3 Å². The molecule has 2 aromatic rings. The number of hydrogen-bond acceptors (Lipinski definition) is 5. The van der Waals surface area contributed by atoms with Gasteiger partial charge in [-0.2, -0.15) is 0 Å². The highest BCUT2D eigenvalue weighted by atomic mass is 16.4. The normalized spacial score (nSPS) is 10.0. The lowest BCUT2D eigenvalue weighted by Gasteiger charge is -2.04. The van der Waals surface area contributed by atoms with E-state index in [9.17, 15) is 4.79 Å². The first kappa shape index (κ1) is 12.0. The third-order valence-electron chi connectivity index (χ3n) is 2.23. The number of pyridine rings is 1. The van der Waals surface area contributed by atoms with Crippen LogP contribution in [0.4, 0.5) is 5.95 Å². The van der Waals surface area contributed by atoms with E-state index in [0.29, 0.717) is 12.5 Å². The fourth-order valence-corrected chi connectivity index (χ4v) is 1.40. The molecule has 2 aromatic heterocycles. The van der Waals surface area contributed by atoms with Crippen molar-refractivity contribution in [3.05, 3.63) is 36.8 Å². The van der Waals surface area contributed by atoms with Crippen LogP contribution in [0.1, 0.15) is 6.42 Å². The molecule has 6 nitrogen and oxygen atoms in total. The van der Waals surface area contributed by atoms with Crippen LogP contribution in [0.5, 0.6) is 0 Å². The van der Waals surface area contributed by atoms with E-state index >= 15 is 0 Å². The first-order valence-electron chi connectivity index (χ1n) is 5.45. The lowest BCUT2D eigenvalue weighted by Crippen LogP contribution is -2.09. The van der Waals surface area contributed by atoms with Gasteiger partial charge in [-0.1, -0.05) is 0 Å². The maximum Gasteiger partial charge on any atom is 0.305 e. The number of anilines is 1. The lowest BCUT2D eigenvalue weighted by atomic mass is 10.2. The fraction of sp³-hybridized carbons (Fsp3) is 0.167. The summed E-state index contributed by atoms with van der Waals surface area (Å²) in [7, 11) is 0. The molecule has 0 radical (unpaired) electrons.